The highest BCUT2D eigenvalue weighted by molar-refractivity contribution is 6.05. The monoisotopic (exact) mass is 386 g/mol. The summed E-state index contributed by atoms with van der Waals surface area (Å²) >= 11 is 0. The fourth-order valence-electron chi connectivity index (χ4n) is 3.15. The zero-order valence-corrected chi connectivity index (χ0v) is 15.4. The molecular formula is C22H18N4O3. The van der Waals surface area contributed by atoms with Gasteiger partial charge in [0, 0.05) is 10.9 Å². The number of carboxylic acids is 1. The molecule has 0 aliphatic carbocycles. The van der Waals surface area contributed by atoms with Crippen molar-refractivity contribution in [3.63, 3.8) is 0 Å². The number of anilines is 2. The summed E-state index contributed by atoms with van der Waals surface area (Å²) in [5.74, 6) is -1.32. The topological polar surface area (TPSA) is 110 Å². The molecule has 0 atom stereocenters. The number of aromatic carboxylic acids is 1. The molecule has 4 aromatic rings. The molecule has 1 amide bonds. The average Bonchev–Trinajstić information content (AvgIpc) is 3.09. The summed E-state index contributed by atoms with van der Waals surface area (Å²) in [5.41, 5.74) is 9.07. The number of hydrogen-bond acceptors (Lipinski definition) is 4. The second-order valence-electron chi connectivity index (χ2n) is 6.57. The Labute approximate surface area is 166 Å². The lowest BCUT2D eigenvalue weighted by molar-refractivity contribution is 0.0691. The zero-order chi connectivity index (χ0) is 20.4. The van der Waals surface area contributed by atoms with E-state index in [4.69, 9.17) is 5.73 Å². The van der Waals surface area contributed by atoms with Crippen LogP contribution in [0.1, 0.15) is 26.4 Å². The van der Waals surface area contributed by atoms with Crippen LogP contribution in [0.5, 0.6) is 0 Å². The van der Waals surface area contributed by atoms with Gasteiger partial charge in [0.2, 0.25) is 0 Å². The number of fused-ring (bicyclic) bond motifs is 1. The largest absolute Gasteiger partial charge is 0.476 e. The van der Waals surface area contributed by atoms with E-state index in [0.29, 0.717) is 28.9 Å². The van der Waals surface area contributed by atoms with Crippen LogP contribution < -0.4 is 11.1 Å². The smallest absolute Gasteiger partial charge is 0.357 e. The molecule has 1 heterocycles. The minimum Gasteiger partial charge on any atom is -0.476 e. The van der Waals surface area contributed by atoms with Gasteiger partial charge in [0.25, 0.3) is 5.91 Å². The van der Waals surface area contributed by atoms with E-state index in [1.54, 1.807) is 53.2 Å². The number of carbonyl (C=O) groups excluding carboxylic acids is 1. The first kappa shape index (κ1) is 18.2. The van der Waals surface area contributed by atoms with E-state index < -0.39 is 5.97 Å². The summed E-state index contributed by atoms with van der Waals surface area (Å²) in [5, 5.41) is 17.0. The van der Waals surface area contributed by atoms with Crippen LogP contribution in [0, 0.1) is 0 Å². The third-order valence-corrected chi connectivity index (χ3v) is 4.62. The number of nitrogens with two attached hydrogens (primary N) is 1. The Morgan fingerprint density at radius 2 is 1.66 bits per heavy atom. The van der Waals surface area contributed by atoms with Crippen molar-refractivity contribution in [2.24, 2.45) is 0 Å². The second-order valence-corrected chi connectivity index (χ2v) is 6.57. The summed E-state index contributed by atoms with van der Waals surface area (Å²) in [6.45, 7) is 0.390. The SMILES string of the molecule is Nc1ccccc1NC(=O)c1ccc(Cn2nc(C(=O)O)c3ccccc32)cc1. The Kier molecular flexibility index (Phi) is 4.70. The van der Waals surface area contributed by atoms with Crippen LogP contribution in [0.15, 0.2) is 72.8 Å². The fourth-order valence-corrected chi connectivity index (χ4v) is 3.15. The number of hydrogen-bond donors (Lipinski definition) is 3. The molecule has 0 aliphatic heterocycles. The molecule has 7 nitrogen and oxygen atoms in total. The van der Waals surface area contributed by atoms with Gasteiger partial charge in [-0.2, -0.15) is 5.10 Å². The first-order chi connectivity index (χ1) is 14.0. The van der Waals surface area contributed by atoms with Gasteiger partial charge in [-0.05, 0) is 35.9 Å². The van der Waals surface area contributed by atoms with Crippen LogP contribution in [-0.2, 0) is 6.54 Å². The molecule has 4 rings (SSSR count). The third-order valence-electron chi connectivity index (χ3n) is 4.62. The van der Waals surface area contributed by atoms with Crippen molar-refractivity contribution < 1.29 is 14.7 Å². The lowest BCUT2D eigenvalue weighted by atomic mass is 10.1. The number of amides is 1. The molecule has 0 unspecified atom stereocenters. The van der Waals surface area contributed by atoms with E-state index in [1.807, 2.05) is 24.3 Å². The molecule has 144 valence electrons. The first-order valence-corrected chi connectivity index (χ1v) is 8.96. The molecule has 0 saturated carbocycles. The van der Waals surface area contributed by atoms with Crippen LogP contribution in [0.4, 0.5) is 11.4 Å². The molecule has 4 N–H and O–H groups in total. The summed E-state index contributed by atoms with van der Waals surface area (Å²) in [6, 6.07) is 21.3. The lowest BCUT2D eigenvalue weighted by Gasteiger charge is -2.09. The van der Waals surface area contributed by atoms with Crippen LogP contribution in [0.3, 0.4) is 0 Å². The number of benzene rings is 3. The van der Waals surface area contributed by atoms with Crippen LogP contribution in [0.25, 0.3) is 10.9 Å². The minimum atomic E-state index is -1.06. The average molecular weight is 386 g/mol. The van der Waals surface area contributed by atoms with Gasteiger partial charge in [-0.1, -0.05) is 42.5 Å². The maximum Gasteiger partial charge on any atom is 0.357 e. The number of para-hydroxylation sites is 3. The Morgan fingerprint density at radius 3 is 2.38 bits per heavy atom. The molecule has 0 radical (unpaired) electrons. The quantitative estimate of drug-likeness (QED) is 0.454. The summed E-state index contributed by atoms with van der Waals surface area (Å²) < 4.78 is 1.65. The Morgan fingerprint density at radius 1 is 0.966 bits per heavy atom. The number of carboxylic acid groups (broad SMARTS) is 1. The number of nitrogens with zero attached hydrogens (tertiary/aromatic N) is 2. The van der Waals surface area contributed by atoms with E-state index in [1.165, 1.54) is 0 Å². The second kappa shape index (κ2) is 7.47. The summed E-state index contributed by atoms with van der Waals surface area (Å²) in [4.78, 5) is 23.9. The molecule has 1 aromatic heterocycles. The molecule has 0 saturated heterocycles. The number of rotatable bonds is 5. The number of aromatic nitrogens is 2. The lowest BCUT2D eigenvalue weighted by Crippen LogP contribution is -2.13. The molecule has 7 heteroatoms. The maximum atomic E-state index is 12.4. The van der Waals surface area contributed by atoms with Gasteiger partial charge in [-0.25, -0.2) is 4.79 Å². The van der Waals surface area contributed by atoms with E-state index in [0.717, 1.165) is 11.1 Å². The van der Waals surface area contributed by atoms with E-state index >= 15 is 0 Å². The highest BCUT2D eigenvalue weighted by Gasteiger charge is 2.16. The van der Waals surface area contributed by atoms with Crippen LogP contribution in [-0.4, -0.2) is 26.8 Å². The van der Waals surface area contributed by atoms with Crippen molar-refractivity contribution in [3.8, 4) is 0 Å². The van der Waals surface area contributed by atoms with Crippen LogP contribution in [0.2, 0.25) is 0 Å². The predicted molar refractivity (Wildman–Crippen MR) is 111 cm³/mol. The van der Waals surface area contributed by atoms with E-state index in [9.17, 15) is 14.7 Å². The molecule has 0 aliphatic rings. The van der Waals surface area contributed by atoms with Crippen molar-refractivity contribution in [2.45, 2.75) is 6.54 Å². The summed E-state index contributed by atoms with van der Waals surface area (Å²) in [6.07, 6.45) is 0. The van der Waals surface area contributed by atoms with E-state index in [2.05, 4.69) is 10.4 Å². The minimum absolute atomic E-state index is 0.0250. The predicted octanol–water partition coefficient (Wildman–Crippen LogP) is 3.62. The van der Waals surface area contributed by atoms with Gasteiger partial charge in [0.05, 0.1) is 23.4 Å². The molecule has 0 bridgehead atoms. The van der Waals surface area contributed by atoms with Gasteiger partial charge in [-0.15, -0.1) is 0 Å². The first-order valence-electron chi connectivity index (χ1n) is 8.96. The molecular weight excluding hydrogens is 368 g/mol. The molecule has 0 spiro atoms. The van der Waals surface area contributed by atoms with Crippen molar-refractivity contribution in [1.82, 2.24) is 9.78 Å². The van der Waals surface area contributed by atoms with Crippen molar-refractivity contribution >= 4 is 34.2 Å². The molecule has 29 heavy (non-hydrogen) atoms. The number of nitrogens with one attached hydrogen (secondary N) is 1. The van der Waals surface area contributed by atoms with E-state index in [-0.39, 0.29) is 11.6 Å². The molecule has 3 aromatic carbocycles. The highest BCUT2D eigenvalue weighted by atomic mass is 16.4. The van der Waals surface area contributed by atoms with Gasteiger partial charge >= 0.3 is 5.97 Å². The number of carbonyl (C=O) groups is 2. The van der Waals surface area contributed by atoms with Crippen molar-refractivity contribution in [2.75, 3.05) is 11.1 Å². The number of nitrogen functional groups attached to an aromatic ring is 1. The van der Waals surface area contributed by atoms with Crippen LogP contribution >= 0.6 is 0 Å². The van der Waals surface area contributed by atoms with Crippen molar-refractivity contribution in [1.29, 1.82) is 0 Å². The fraction of sp³-hybridized carbons (Fsp3) is 0.0455. The molecule has 0 fully saturated rings. The summed E-state index contributed by atoms with van der Waals surface area (Å²) in [7, 11) is 0. The van der Waals surface area contributed by atoms with Crippen molar-refractivity contribution in [3.05, 3.63) is 89.6 Å². The van der Waals surface area contributed by atoms with Gasteiger partial charge in [0.1, 0.15) is 0 Å². The zero-order valence-electron chi connectivity index (χ0n) is 15.4. The Bertz CT molecular complexity index is 1210. The Balaban J connectivity index is 1.55. The normalized spacial score (nSPS) is 10.8. The van der Waals surface area contributed by atoms with Gasteiger partial charge in [0.15, 0.2) is 5.69 Å². The van der Waals surface area contributed by atoms with Gasteiger partial charge < -0.3 is 16.2 Å². The Hall–Kier alpha value is -4.13. The standard InChI is InChI=1S/C22H18N4O3/c23-17-6-2-3-7-18(17)24-21(27)15-11-9-14(10-12-15)13-26-19-8-4-1-5-16(19)20(25-26)22(28)29/h1-12H,13,23H2,(H,24,27)(H,28,29). The maximum absolute atomic E-state index is 12.4. The van der Waals surface area contributed by atoms with Gasteiger partial charge in [-0.3, -0.25) is 9.48 Å². The third kappa shape index (κ3) is 3.66. The highest BCUT2D eigenvalue weighted by Crippen LogP contribution is 2.21.